The highest BCUT2D eigenvalue weighted by Crippen LogP contribution is 2.66. The quantitative estimate of drug-likeness (QED) is 0.0863. The molecule has 6 aromatic rings. The van der Waals surface area contributed by atoms with Gasteiger partial charge in [0.05, 0.1) is 28.6 Å². The molecular weight excluding hydrogens is 883 g/mol. The Morgan fingerprint density at radius 1 is 0.725 bits per heavy atom. The summed E-state index contributed by atoms with van der Waals surface area (Å²) in [6.45, 7) is 1.92. The number of ether oxygens (including phenoxy) is 4. The van der Waals surface area contributed by atoms with Gasteiger partial charge in [0.1, 0.15) is 29.9 Å². The Balaban J connectivity index is 1.05. The average Bonchev–Trinajstić information content (AvgIpc) is 4.05. The number of imide groups is 1. The lowest BCUT2D eigenvalue weighted by molar-refractivity contribution is -0.384. The second-order valence-corrected chi connectivity index (χ2v) is 17.8. The molecular formula is C53H45N5O11. The van der Waals surface area contributed by atoms with Crippen molar-refractivity contribution in [2.24, 2.45) is 5.92 Å². The third-order valence-electron chi connectivity index (χ3n) is 14.1. The zero-order valence-electron chi connectivity index (χ0n) is 37.0. The van der Waals surface area contributed by atoms with Crippen molar-refractivity contribution >= 4 is 35.3 Å². The van der Waals surface area contributed by atoms with Crippen LogP contribution in [0.3, 0.4) is 0 Å². The molecule has 6 atom stereocenters. The van der Waals surface area contributed by atoms with Crippen LogP contribution in [-0.4, -0.2) is 87.6 Å². The van der Waals surface area contributed by atoms with Crippen LogP contribution in [-0.2, 0) is 42.4 Å². The van der Waals surface area contributed by atoms with Crippen LogP contribution in [0.15, 0.2) is 152 Å². The summed E-state index contributed by atoms with van der Waals surface area (Å²) in [4.78, 5) is 80.0. The lowest BCUT2D eigenvalue weighted by Crippen LogP contribution is -2.59. The number of nitro benzene ring substituents is 1. The largest absolute Gasteiger partial charge is 0.508 e. The molecule has 16 nitrogen and oxygen atoms in total. The number of morpholine rings is 1. The molecule has 5 heterocycles. The van der Waals surface area contributed by atoms with E-state index in [1.165, 1.54) is 36.4 Å². The summed E-state index contributed by atoms with van der Waals surface area (Å²) in [7, 11) is 0. The van der Waals surface area contributed by atoms with Crippen molar-refractivity contribution in [1.29, 1.82) is 0 Å². The van der Waals surface area contributed by atoms with Crippen LogP contribution in [0.5, 0.6) is 17.2 Å². The molecule has 0 aromatic heterocycles. The lowest BCUT2D eigenvalue weighted by atomic mass is 9.65. The summed E-state index contributed by atoms with van der Waals surface area (Å²) in [6, 6.07) is 40.1. The molecule has 6 aromatic carbocycles. The molecule has 3 saturated heterocycles. The minimum Gasteiger partial charge on any atom is -0.508 e. The number of anilines is 1. The predicted molar refractivity (Wildman–Crippen MR) is 248 cm³/mol. The maximum absolute atomic E-state index is 16.3. The van der Waals surface area contributed by atoms with Crippen LogP contribution in [0.1, 0.15) is 51.6 Å². The van der Waals surface area contributed by atoms with E-state index < -0.39 is 64.4 Å². The minimum absolute atomic E-state index is 0.0389. The summed E-state index contributed by atoms with van der Waals surface area (Å²) in [5.74, 6) is -2.07. The number of piperazine rings is 1. The van der Waals surface area contributed by atoms with Crippen molar-refractivity contribution in [1.82, 2.24) is 14.7 Å². The van der Waals surface area contributed by atoms with Gasteiger partial charge in [-0.15, -0.1) is 0 Å². The molecule has 1 N–H and O–H groups in total. The highest BCUT2D eigenvalue weighted by molar-refractivity contribution is 6.23. The number of cyclic esters (lactones) is 1. The summed E-state index contributed by atoms with van der Waals surface area (Å²) >= 11 is 0. The van der Waals surface area contributed by atoms with Crippen LogP contribution in [0, 0.1) is 16.0 Å². The van der Waals surface area contributed by atoms with Crippen molar-refractivity contribution in [3.05, 3.63) is 195 Å². The van der Waals surface area contributed by atoms with E-state index in [1.54, 1.807) is 41.3 Å². The number of rotatable bonds is 9. The number of carbonyl (C=O) groups is 4. The molecule has 1 spiro atoms. The Morgan fingerprint density at radius 3 is 2.09 bits per heavy atom. The van der Waals surface area contributed by atoms with Gasteiger partial charge in [0.2, 0.25) is 18.6 Å². The number of phenolic OH excluding ortho intramolecular Hbond substituents is 1. The molecule has 3 amide bonds. The first-order valence-electron chi connectivity index (χ1n) is 22.7. The topological polar surface area (TPSA) is 182 Å². The zero-order chi connectivity index (χ0) is 47.4. The SMILES string of the molecule is O=C1O[C@@H](c2ccccc2)[C@@H](c2ccccc2)N2[C@@H](c3ccc(O)cc3)[C@]3(C(=O)N(C(=O)OCc4ccc([N+](=O)[O-])cc4)c4ccccc43)[C@@H](C(=O)N3CCN(Cc4ccc5c(c4)OCO5)CC3)[C@H]12. The van der Waals surface area contributed by atoms with E-state index in [1.807, 2.05) is 83.8 Å². The van der Waals surface area contributed by atoms with E-state index in [2.05, 4.69) is 4.90 Å². The second kappa shape index (κ2) is 17.5. The Morgan fingerprint density at radius 2 is 1.38 bits per heavy atom. The maximum atomic E-state index is 16.3. The Kier molecular flexibility index (Phi) is 11.1. The van der Waals surface area contributed by atoms with E-state index in [0.717, 1.165) is 16.0 Å². The number of nitrogens with zero attached hydrogens (tertiary/aromatic N) is 5. The number of hydrogen-bond acceptors (Lipinski definition) is 13. The number of benzene rings is 6. The fraction of sp³-hybridized carbons (Fsp3) is 0.245. The van der Waals surface area contributed by atoms with Crippen molar-refractivity contribution in [2.75, 3.05) is 37.9 Å². The van der Waals surface area contributed by atoms with Crippen molar-refractivity contribution in [2.45, 2.75) is 42.8 Å². The third kappa shape index (κ3) is 7.39. The zero-order valence-corrected chi connectivity index (χ0v) is 37.0. The molecule has 348 valence electrons. The van der Waals surface area contributed by atoms with Gasteiger partial charge in [0.15, 0.2) is 11.5 Å². The number of esters is 1. The highest BCUT2D eigenvalue weighted by atomic mass is 16.7. The Hall–Kier alpha value is -8.08. The predicted octanol–water partition coefficient (Wildman–Crippen LogP) is 7.38. The maximum Gasteiger partial charge on any atom is 0.421 e. The van der Waals surface area contributed by atoms with Crippen LogP contribution in [0.25, 0.3) is 0 Å². The summed E-state index contributed by atoms with van der Waals surface area (Å²) in [6.07, 6.45) is -1.94. The number of hydrogen-bond donors (Lipinski definition) is 1. The van der Waals surface area contributed by atoms with Crippen molar-refractivity contribution in [3.8, 4) is 17.2 Å². The van der Waals surface area contributed by atoms with Crippen LogP contribution >= 0.6 is 0 Å². The number of phenols is 1. The second-order valence-electron chi connectivity index (χ2n) is 17.8. The first-order valence-corrected chi connectivity index (χ1v) is 22.7. The number of amides is 3. The molecule has 16 heteroatoms. The van der Waals surface area contributed by atoms with Crippen LogP contribution in [0.2, 0.25) is 0 Å². The molecule has 5 aliphatic heterocycles. The normalized spacial score (nSPS) is 23.9. The average molecular weight is 928 g/mol. The van der Waals surface area contributed by atoms with Crippen LogP contribution < -0.4 is 14.4 Å². The van der Waals surface area contributed by atoms with Gasteiger partial charge in [-0.05, 0) is 75.8 Å². The van der Waals surface area contributed by atoms with Gasteiger partial charge in [-0.2, -0.15) is 0 Å². The van der Waals surface area contributed by atoms with E-state index >= 15 is 14.4 Å². The van der Waals surface area contributed by atoms with Crippen molar-refractivity contribution < 1.29 is 48.2 Å². The van der Waals surface area contributed by atoms with Gasteiger partial charge in [-0.1, -0.05) is 97.1 Å². The fourth-order valence-corrected chi connectivity index (χ4v) is 11.0. The number of para-hydroxylation sites is 1. The third-order valence-corrected chi connectivity index (χ3v) is 14.1. The van der Waals surface area contributed by atoms with Crippen molar-refractivity contribution in [3.63, 3.8) is 0 Å². The van der Waals surface area contributed by atoms with Gasteiger partial charge < -0.3 is 29.0 Å². The van der Waals surface area contributed by atoms with Crippen LogP contribution in [0.4, 0.5) is 16.2 Å². The monoisotopic (exact) mass is 927 g/mol. The van der Waals surface area contributed by atoms with E-state index in [4.69, 9.17) is 18.9 Å². The lowest BCUT2D eigenvalue weighted by Gasteiger charge is -2.46. The molecule has 0 radical (unpaired) electrons. The molecule has 0 saturated carbocycles. The summed E-state index contributed by atoms with van der Waals surface area (Å²) in [5, 5.41) is 22.1. The highest BCUT2D eigenvalue weighted by Gasteiger charge is 2.76. The smallest absolute Gasteiger partial charge is 0.421 e. The van der Waals surface area contributed by atoms with Gasteiger partial charge in [0.25, 0.3) is 5.69 Å². The van der Waals surface area contributed by atoms with Gasteiger partial charge in [0, 0.05) is 44.9 Å². The summed E-state index contributed by atoms with van der Waals surface area (Å²) in [5.41, 5.74) is 1.81. The van der Waals surface area contributed by atoms with Gasteiger partial charge >= 0.3 is 12.1 Å². The number of nitro groups is 1. The number of aromatic hydroxyl groups is 1. The standard InChI is InChI=1S/C53H45N5O11/c59-39-22-18-37(19-23-39)48-53(40-13-7-8-14-41(40)56(51(53)62)52(63)66-31-33-15-20-38(21-16-33)58(64)65)44(49(60)55-27-25-54(26-28-55)30-34-17-24-42-43(29-34)68-32-67-42)46-50(61)69-47(36-11-5-2-6-12-36)45(57(46)48)35-9-3-1-4-10-35/h1-24,29,44-48,59H,25-28,30-32H2/t44-,45-,46-,47+,48+,53-/m1/s1. The Labute approximate surface area is 395 Å². The molecule has 11 rings (SSSR count). The molecule has 3 fully saturated rings. The molecule has 0 aliphatic carbocycles. The van der Waals surface area contributed by atoms with E-state index in [9.17, 15) is 20.0 Å². The number of fused-ring (bicyclic) bond motifs is 4. The molecule has 69 heavy (non-hydrogen) atoms. The first-order chi connectivity index (χ1) is 33.6. The number of carbonyl (C=O) groups excluding carboxylic acids is 4. The fourth-order valence-electron chi connectivity index (χ4n) is 11.0. The Bertz CT molecular complexity index is 2970. The molecule has 0 bridgehead atoms. The molecule has 0 unspecified atom stereocenters. The van der Waals surface area contributed by atoms with E-state index in [0.29, 0.717) is 53.4 Å². The summed E-state index contributed by atoms with van der Waals surface area (Å²) < 4.78 is 23.5. The number of non-ortho nitro benzene ring substituents is 1. The molecule has 5 aliphatic rings. The first kappa shape index (κ1) is 43.5. The van der Waals surface area contributed by atoms with Gasteiger partial charge in [-0.3, -0.25) is 34.3 Å². The van der Waals surface area contributed by atoms with E-state index in [-0.39, 0.29) is 43.6 Å². The minimum atomic E-state index is -1.97. The van der Waals surface area contributed by atoms with Gasteiger partial charge in [-0.25, -0.2) is 9.69 Å².